The number of ether oxygens (including phenoxy) is 2. The Balaban J connectivity index is 2.48. The van der Waals surface area contributed by atoms with E-state index in [0.29, 0.717) is 4.74 Å². The summed E-state index contributed by atoms with van der Waals surface area (Å²) >= 11 is 0. The highest BCUT2D eigenvalue weighted by Crippen LogP contribution is 2.22. The fourth-order valence-electron chi connectivity index (χ4n) is 2.27. The van der Waals surface area contributed by atoms with Crippen LogP contribution in [0.2, 0.25) is 0 Å². The van der Waals surface area contributed by atoms with E-state index in [0.717, 1.165) is 0 Å². The van der Waals surface area contributed by atoms with E-state index < -0.39 is 23.8 Å². The van der Waals surface area contributed by atoms with Gasteiger partial charge in [-0.3, -0.25) is 5.73 Å². The summed E-state index contributed by atoms with van der Waals surface area (Å²) < 4.78 is 11.0. The summed E-state index contributed by atoms with van der Waals surface area (Å²) in [6.07, 6.45) is -0.951. The zero-order valence-electron chi connectivity index (χ0n) is 12.2. The van der Waals surface area contributed by atoms with Gasteiger partial charge in [0.25, 0.3) is 6.04 Å². The first-order chi connectivity index (χ1) is 9.83. The Bertz CT molecular complexity index is 552. The molecule has 2 aliphatic heterocycles. The van der Waals surface area contributed by atoms with Gasteiger partial charge in [-0.2, -0.15) is 0 Å². The summed E-state index contributed by atoms with van der Waals surface area (Å²) in [6.45, 7) is 5.22. The van der Waals surface area contributed by atoms with Crippen LogP contribution in [-0.2, 0) is 14.3 Å². The van der Waals surface area contributed by atoms with Gasteiger partial charge in [0.1, 0.15) is 17.9 Å². The number of carbonyl (C=O) groups excluding carboxylic acids is 1. The van der Waals surface area contributed by atoms with E-state index in [9.17, 15) is 15.2 Å². The van der Waals surface area contributed by atoms with Gasteiger partial charge in [0.2, 0.25) is 5.71 Å². The highest BCUT2D eigenvalue weighted by molar-refractivity contribution is 6.70. The molecule has 0 spiro atoms. The molecule has 2 heterocycles. The minimum absolute atomic E-state index is 0.00984. The van der Waals surface area contributed by atoms with Crippen molar-refractivity contribution in [2.75, 3.05) is 13.2 Å². The van der Waals surface area contributed by atoms with Gasteiger partial charge in [0.05, 0.1) is 6.61 Å². The lowest BCUT2D eigenvalue weighted by Gasteiger charge is -2.34. The third-order valence-corrected chi connectivity index (χ3v) is 3.47. The standard InChI is InChI=1S/C12H18N4O5/c1-4-20-11(17)8-10(13)16(19)6-5-21-12(2,3)9(15-18)7(6)14-8/h8,10,18H,4-5,13H2,1-3H3/p+1/b15-9-/t8-,10-/m0/s1. The molecular weight excluding hydrogens is 280 g/mol. The molecule has 0 amide bonds. The van der Waals surface area contributed by atoms with E-state index >= 15 is 0 Å². The Morgan fingerprint density at radius 2 is 2.38 bits per heavy atom. The molecule has 2 atom stereocenters. The smallest absolute Gasteiger partial charge is 0.344 e. The van der Waals surface area contributed by atoms with Crippen molar-refractivity contribution in [3.63, 3.8) is 0 Å². The van der Waals surface area contributed by atoms with Crippen LogP contribution in [0.1, 0.15) is 20.8 Å². The van der Waals surface area contributed by atoms with E-state index in [-0.39, 0.29) is 30.3 Å². The molecule has 2 rings (SSSR count). The third kappa shape index (κ3) is 2.49. The molecule has 4 N–H and O–H groups in total. The summed E-state index contributed by atoms with van der Waals surface area (Å²) in [4.78, 5) is 16.1. The summed E-state index contributed by atoms with van der Waals surface area (Å²) in [6, 6.07) is -1.06. The summed E-state index contributed by atoms with van der Waals surface area (Å²) in [5, 5.41) is 24.7. The van der Waals surface area contributed by atoms with Gasteiger partial charge in [0, 0.05) is 0 Å². The van der Waals surface area contributed by atoms with Crippen molar-refractivity contribution in [2.45, 2.75) is 38.6 Å². The second kappa shape index (κ2) is 5.41. The molecule has 1 saturated heterocycles. The van der Waals surface area contributed by atoms with E-state index in [1.165, 1.54) is 0 Å². The molecule has 1 fully saturated rings. The van der Waals surface area contributed by atoms with Gasteiger partial charge in [-0.05, 0) is 20.8 Å². The maximum absolute atomic E-state index is 12.3. The fraction of sp³-hybridized carbons (Fsp3) is 0.667. The number of aliphatic imine (C=N–C) groups is 1. The molecule has 0 aromatic rings. The minimum atomic E-state index is -1.06. The normalized spacial score (nSPS) is 29.9. The zero-order chi connectivity index (χ0) is 15.8. The highest BCUT2D eigenvalue weighted by atomic mass is 16.5. The van der Waals surface area contributed by atoms with Crippen LogP contribution in [0.3, 0.4) is 0 Å². The van der Waals surface area contributed by atoms with Crippen molar-refractivity contribution in [3.8, 4) is 0 Å². The summed E-state index contributed by atoms with van der Waals surface area (Å²) in [5.74, 6) is -0.633. The molecule has 0 aromatic heterocycles. The van der Waals surface area contributed by atoms with E-state index in [1.54, 1.807) is 20.8 Å². The third-order valence-electron chi connectivity index (χ3n) is 3.47. The number of esters is 1. The van der Waals surface area contributed by atoms with Crippen LogP contribution in [0, 0.1) is 5.21 Å². The predicted molar refractivity (Wildman–Crippen MR) is 72.4 cm³/mol. The number of oxime groups is 1. The average Bonchev–Trinajstić information content (AvgIpc) is 2.42. The molecule has 0 unspecified atom stereocenters. The Hall–Kier alpha value is -2.00. The van der Waals surface area contributed by atoms with Gasteiger partial charge >= 0.3 is 12.1 Å². The van der Waals surface area contributed by atoms with Gasteiger partial charge in [-0.15, -0.1) is 4.74 Å². The SMILES string of the molecule is CCOC(=O)[C@H]1N=C2C(=[N+]([O-])[C@@H]1[NH3+])COC(C)(C)/C2=N\O. The number of hydrogen-bond donors (Lipinski definition) is 2. The van der Waals surface area contributed by atoms with Gasteiger partial charge in [-0.1, -0.05) is 5.16 Å². The summed E-state index contributed by atoms with van der Waals surface area (Å²) in [7, 11) is 0. The Morgan fingerprint density at radius 1 is 1.71 bits per heavy atom. The number of hydrogen-bond acceptors (Lipinski definition) is 7. The molecule has 0 bridgehead atoms. The highest BCUT2D eigenvalue weighted by Gasteiger charge is 2.49. The van der Waals surface area contributed by atoms with Gasteiger partial charge in [0.15, 0.2) is 5.71 Å². The largest absolute Gasteiger partial charge is 0.619 e. The number of nitrogens with zero attached hydrogens (tertiary/aromatic N) is 3. The van der Waals surface area contributed by atoms with E-state index in [2.05, 4.69) is 15.9 Å². The van der Waals surface area contributed by atoms with Crippen molar-refractivity contribution < 1.29 is 29.9 Å². The predicted octanol–water partition coefficient (Wildman–Crippen LogP) is -1.47. The van der Waals surface area contributed by atoms with Crippen LogP contribution < -0.4 is 5.73 Å². The van der Waals surface area contributed by atoms with E-state index in [1.807, 2.05) is 0 Å². The van der Waals surface area contributed by atoms with E-state index in [4.69, 9.17) is 9.47 Å². The topological polar surface area (TPSA) is 134 Å². The Kier molecular flexibility index (Phi) is 3.97. The second-order valence-corrected chi connectivity index (χ2v) is 5.26. The number of hydroxylamine groups is 1. The average molecular weight is 299 g/mol. The van der Waals surface area contributed by atoms with Crippen LogP contribution in [0.4, 0.5) is 0 Å². The molecule has 0 saturated carbocycles. The Morgan fingerprint density at radius 3 is 2.95 bits per heavy atom. The van der Waals surface area contributed by atoms with Gasteiger partial charge in [-0.25, -0.2) is 9.79 Å². The van der Waals surface area contributed by atoms with Crippen molar-refractivity contribution in [1.82, 2.24) is 0 Å². The molecule has 116 valence electrons. The zero-order valence-corrected chi connectivity index (χ0v) is 12.2. The van der Waals surface area contributed by atoms with Gasteiger partial charge < -0.3 is 19.9 Å². The molecule has 0 aliphatic carbocycles. The molecule has 21 heavy (non-hydrogen) atoms. The maximum Gasteiger partial charge on any atom is 0.344 e. The summed E-state index contributed by atoms with van der Waals surface area (Å²) in [5.41, 5.74) is 3.22. The molecule has 9 heteroatoms. The number of rotatable bonds is 2. The first kappa shape index (κ1) is 15.4. The fourth-order valence-corrected chi connectivity index (χ4v) is 2.27. The lowest BCUT2D eigenvalue weighted by molar-refractivity contribution is -0.694. The molecular formula is C12H19N4O5+. The quantitative estimate of drug-likeness (QED) is 0.211. The maximum atomic E-state index is 12.3. The number of fused-ring (bicyclic) bond motifs is 1. The molecule has 2 aliphatic rings. The van der Waals surface area contributed by atoms with Crippen molar-refractivity contribution >= 4 is 23.1 Å². The van der Waals surface area contributed by atoms with Crippen molar-refractivity contribution in [1.29, 1.82) is 0 Å². The molecule has 0 radical (unpaired) electrons. The Labute approximate surface area is 121 Å². The van der Waals surface area contributed by atoms with Crippen molar-refractivity contribution in [3.05, 3.63) is 5.21 Å². The van der Waals surface area contributed by atoms with Crippen LogP contribution >= 0.6 is 0 Å². The number of carbonyl (C=O) groups is 1. The monoisotopic (exact) mass is 299 g/mol. The second-order valence-electron chi connectivity index (χ2n) is 5.26. The lowest BCUT2D eigenvalue weighted by Crippen LogP contribution is -2.75. The number of quaternary nitrogens is 1. The van der Waals surface area contributed by atoms with Crippen LogP contribution in [0.5, 0.6) is 0 Å². The molecule has 9 nitrogen and oxygen atoms in total. The van der Waals surface area contributed by atoms with Crippen molar-refractivity contribution in [2.24, 2.45) is 10.1 Å². The lowest BCUT2D eigenvalue weighted by atomic mass is 9.91. The van der Waals surface area contributed by atoms with Crippen LogP contribution in [0.25, 0.3) is 0 Å². The first-order valence-corrected chi connectivity index (χ1v) is 6.60. The minimum Gasteiger partial charge on any atom is -0.619 e. The molecule has 0 aromatic carbocycles. The van der Waals surface area contributed by atoms with Crippen LogP contribution in [-0.4, -0.2) is 64.1 Å². The first-order valence-electron chi connectivity index (χ1n) is 6.60. The van der Waals surface area contributed by atoms with Crippen LogP contribution in [0.15, 0.2) is 10.1 Å².